The molecule has 0 saturated carbocycles. The van der Waals surface area contributed by atoms with Gasteiger partial charge >= 0.3 is 0 Å². The van der Waals surface area contributed by atoms with Crippen LogP contribution in [-0.4, -0.2) is 4.98 Å². The third-order valence-electron chi connectivity index (χ3n) is 2.77. The Bertz CT molecular complexity index is 527. The van der Waals surface area contributed by atoms with E-state index in [0.717, 1.165) is 5.69 Å². The molecular formula is C15H17FN2. The van der Waals surface area contributed by atoms with Gasteiger partial charge < -0.3 is 5.32 Å². The fourth-order valence-corrected chi connectivity index (χ4v) is 1.70. The molecule has 0 unspecified atom stereocenters. The largest absolute Gasteiger partial charge is 0.355 e. The van der Waals surface area contributed by atoms with Crippen LogP contribution in [0.1, 0.15) is 26.3 Å². The molecule has 0 fully saturated rings. The minimum atomic E-state index is -0.480. The third kappa shape index (κ3) is 3.06. The smallest absolute Gasteiger partial charge is 0.214 e. The molecule has 1 N–H and O–H groups in total. The molecule has 3 heteroatoms. The van der Waals surface area contributed by atoms with Crippen molar-refractivity contribution in [2.75, 3.05) is 5.32 Å². The number of nitrogens with zero attached hydrogens (tertiary/aromatic N) is 1. The van der Waals surface area contributed by atoms with Gasteiger partial charge in [0.15, 0.2) is 0 Å². The molecule has 2 rings (SSSR count). The molecule has 0 spiro atoms. The van der Waals surface area contributed by atoms with Crippen LogP contribution in [0.2, 0.25) is 0 Å². The second kappa shape index (κ2) is 4.77. The van der Waals surface area contributed by atoms with E-state index in [9.17, 15) is 4.39 Å². The molecule has 94 valence electrons. The van der Waals surface area contributed by atoms with Gasteiger partial charge in [-0.05, 0) is 29.2 Å². The highest BCUT2D eigenvalue weighted by atomic mass is 19.1. The van der Waals surface area contributed by atoms with Crippen molar-refractivity contribution in [1.29, 1.82) is 0 Å². The molecule has 2 nitrogen and oxygen atoms in total. The standard InChI is InChI=1S/C15H17FN2/c1-15(2,3)11-4-6-12(7-5-11)18-13-8-9-17-14(16)10-13/h4-10H,1-3H3,(H,17,18). The summed E-state index contributed by atoms with van der Waals surface area (Å²) in [5.41, 5.74) is 3.05. The Morgan fingerprint density at radius 1 is 1.00 bits per heavy atom. The second-order valence-corrected chi connectivity index (χ2v) is 5.32. The SMILES string of the molecule is CC(C)(C)c1ccc(Nc2ccnc(F)c2)cc1. The number of aromatic nitrogens is 1. The highest BCUT2D eigenvalue weighted by Gasteiger charge is 2.12. The quantitative estimate of drug-likeness (QED) is 0.798. The maximum absolute atomic E-state index is 12.9. The van der Waals surface area contributed by atoms with Crippen molar-refractivity contribution in [1.82, 2.24) is 4.98 Å². The van der Waals surface area contributed by atoms with Gasteiger partial charge in [-0.2, -0.15) is 4.39 Å². The zero-order valence-corrected chi connectivity index (χ0v) is 10.9. The van der Waals surface area contributed by atoms with Gasteiger partial charge in [0.2, 0.25) is 5.95 Å². The van der Waals surface area contributed by atoms with Gasteiger partial charge in [-0.3, -0.25) is 0 Å². The fourth-order valence-electron chi connectivity index (χ4n) is 1.70. The van der Waals surface area contributed by atoms with Crippen LogP contribution in [0.25, 0.3) is 0 Å². The summed E-state index contributed by atoms with van der Waals surface area (Å²) in [7, 11) is 0. The van der Waals surface area contributed by atoms with Gasteiger partial charge in [0, 0.05) is 23.6 Å². The van der Waals surface area contributed by atoms with E-state index >= 15 is 0 Å². The van der Waals surface area contributed by atoms with E-state index in [4.69, 9.17) is 0 Å². The van der Waals surface area contributed by atoms with Crippen molar-refractivity contribution in [3.63, 3.8) is 0 Å². The van der Waals surface area contributed by atoms with Crippen molar-refractivity contribution in [3.05, 3.63) is 54.1 Å². The average molecular weight is 244 g/mol. The number of benzene rings is 1. The summed E-state index contributed by atoms with van der Waals surface area (Å²) in [6.07, 6.45) is 1.45. The van der Waals surface area contributed by atoms with Gasteiger partial charge in [0.1, 0.15) is 0 Å². The predicted molar refractivity (Wildman–Crippen MR) is 72.6 cm³/mol. The van der Waals surface area contributed by atoms with Gasteiger partial charge in [0.25, 0.3) is 0 Å². The van der Waals surface area contributed by atoms with Crippen LogP contribution >= 0.6 is 0 Å². The van der Waals surface area contributed by atoms with E-state index in [1.807, 2.05) is 12.1 Å². The Morgan fingerprint density at radius 2 is 1.67 bits per heavy atom. The molecule has 0 aliphatic heterocycles. The highest BCUT2D eigenvalue weighted by molar-refractivity contribution is 5.59. The lowest BCUT2D eigenvalue weighted by molar-refractivity contribution is 0.584. The zero-order chi connectivity index (χ0) is 13.2. The van der Waals surface area contributed by atoms with Gasteiger partial charge in [-0.15, -0.1) is 0 Å². The summed E-state index contributed by atoms with van der Waals surface area (Å²) in [6, 6.07) is 11.3. The normalized spacial score (nSPS) is 11.3. The molecule has 18 heavy (non-hydrogen) atoms. The number of pyridine rings is 1. The Balaban J connectivity index is 2.16. The van der Waals surface area contributed by atoms with Crippen molar-refractivity contribution in [3.8, 4) is 0 Å². The summed E-state index contributed by atoms with van der Waals surface area (Å²) < 4.78 is 12.9. The first-order chi connectivity index (χ1) is 8.45. The molecule has 0 amide bonds. The van der Waals surface area contributed by atoms with Crippen molar-refractivity contribution in [2.45, 2.75) is 26.2 Å². The maximum Gasteiger partial charge on any atom is 0.214 e. The van der Waals surface area contributed by atoms with Crippen LogP contribution in [0, 0.1) is 5.95 Å². The topological polar surface area (TPSA) is 24.9 Å². The summed E-state index contributed by atoms with van der Waals surface area (Å²) >= 11 is 0. The van der Waals surface area contributed by atoms with Crippen molar-refractivity contribution < 1.29 is 4.39 Å². The number of hydrogen-bond donors (Lipinski definition) is 1. The molecule has 0 saturated heterocycles. The summed E-state index contributed by atoms with van der Waals surface area (Å²) in [5, 5.41) is 3.14. The lowest BCUT2D eigenvalue weighted by atomic mass is 9.87. The van der Waals surface area contributed by atoms with Crippen LogP contribution in [0.5, 0.6) is 0 Å². The van der Waals surface area contributed by atoms with E-state index in [0.29, 0.717) is 5.69 Å². The minimum absolute atomic E-state index is 0.140. The Labute approximate surface area is 107 Å². The number of anilines is 2. The first-order valence-electron chi connectivity index (χ1n) is 5.94. The maximum atomic E-state index is 12.9. The summed E-state index contributed by atoms with van der Waals surface area (Å²) in [5.74, 6) is -0.480. The van der Waals surface area contributed by atoms with Crippen molar-refractivity contribution in [2.24, 2.45) is 0 Å². The van der Waals surface area contributed by atoms with E-state index < -0.39 is 5.95 Å². The fraction of sp³-hybridized carbons (Fsp3) is 0.267. The Morgan fingerprint density at radius 3 is 2.22 bits per heavy atom. The molecule has 0 aliphatic rings. The van der Waals surface area contributed by atoms with Crippen LogP contribution in [-0.2, 0) is 5.41 Å². The third-order valence-corrected chi connectivity index (χ3v) is 2.77. The lowest BCUT2D eigenvalue weighted by Gasteiger charge is -2.19. The van der Waals surface area contributed by atoms with Gasteiger partial charge in [-0.25, -0.2) is 4.98 Å². The number of hydrogen-bond acceptors (Lipinski definition) is 2. The molecule has 2 aromatic rings. The highest BCUT2D eigenvalue weighted by Crippen LogP contribution is 2.24. The van der Waals surface area contributed by atoms with Crippen LogP contribution in [0.15, 0.2) is 42.6 Å². The monoisotopic (exact) mass is 244 g/mol. The molecule has 0 bridgehead atoms. The van der Waals surface area contributed by atoms with E-state index in [-0.39, 0.29) is 5.41 Å². The predicted octanol–water partition coefficient (Wildman–Crippen LogP) is 4.26. The lowest BCUT2D eigenvalue weighted by Crippen LogP contribution is -2.10. The van der Waals surface area contributed by atoms with Crippen LogP contribution < -0.4 is 5.32 Å². The molecule has 1 heterocycles. The zero-order valence-electron chi connectivity index (χ0n) is 10.9. The van der Waals surface area contributed by atoms with Crippen LogP contribution in [0.4, 0.5) is 15.8 Å². The molecule has 0 radical (unpaired) electrons. The summed E-state index contributed by atoms with van der Waals surface area (Å²) in [6.45, 7) is 6.52. The van der Waals surface area contributed by atoms with Gasteiger partial charge in [0.05, 0.1) is 0 Å². The van der Waals surface area contributed by atoms with Gasteiger partial charge in [-0.1, -0.05) is 32.9 Å². The Hall–Kier alpha value is -1.90. The van der Waals surface area contributed by atoms with E-state index in [1.165, 1.54) is 17.8 Å². The molecular weight excluding hydrogens is 227 g/mol. The minimum Gasteiger partial charge on any atom is -0.355 e. The van der Waals surface area contributed by atoms with Crippen molar-refractivity contribution >= 4 is 11.4 Å². The average Bonchev–Trinajstić information content (AvgIpc) is 2.28. The molecule has 0 aliphatic carbocycles. The first kappa shape index (κ1) is 12.6. The van der Waals surface area contributed by atoms with E-state index in [1.54, 1.807) is 6.07 Å². The number of nitrogens with one attached hydrogen (secondary N) is 1. The molecule has 1 aromatic carbocycles. The number of rotatable bonds is 2. The Kier molecular flexibility index (Phi) is 3.32. The first-order valence-corrected chi connectivity index (χ1v) is 5.94. The van der Waals surface area contributed by atoms with E-state index in [2.05, 4.69) is 43.2 Å². The second-order valence-electron chi connectivity index (χ2n) is 5.32. The molecule has 0 atom stereocenters. The molecule has 1 aromatic heterocycles. The number of halogens is 1. The summed E-state index contributed by atoms with van der Waals surface area (Å²) in [4.78, 5) is 3.52. The van der Waals surface area contributed by atoms with Crippen LogP contribution in [0.3, 0.4) is 0 Å².